The number of nitrogens with zero attached hydrogens (tertiary/aromatic N) is 1. The lowest BCUT2D eigenvalue weighted by molar-refractivity contribution is -0.116. The summed E-state index contributed by atoms with van der Waals surface area (Å²) in [5, 5.41) is 2.82. The third-order valence-electron chi connectivity index (χ3n) is 2.47. The molecule has 0 bridgehead atoms. The first-order valence-electron chi connectivity index (χ1n) is 5.28. The number of carbonyl (C=O) groups excluding carboxylic acids is 1. The summed E-state index contributed by atoms with van der Waals surface area (Å²) in [6.07, 6.45) is 0. The predicted octanol–water partition coefficient (Wildman–Crippen LogP) is 1.87. The Morgan fingerprint density at radius 1 is 1.39 bits per heavy atom. The van der Waals surface area contributed by atoms with Gasteiger partial charge in [0.2, 0.25) is 0 Å². The largest absolute Gasteiger partial charge is 0.333 e. The molecule has 1 aliphatic heterocycles. The number of nitrogens with one attached hydrogen (secondary N) is 1. The van der Waals surface area contributed by atoms with Crippen molar-refractivity contribution in [2.75, 3.05) is 5.32 Å². The lowest BCUT2D eigenvalue weighted by atomic mass is 10.3. The van der Waals surface area contributed by atoms with Crippen molar-refractivity contribution in [3.8, 4) is 0 Å². The standard InChI is InChI=1S/C11H12N2O3S2/c1-7(14)8(2)17-11-12-9-5-3-4-6-10(9)18(15,16)13-11/h3-6,8H,1-2H3,(H,12,13). The molecule has 1 atom stereocenters. The second-order valence-electron chi connectivity index (χ2n) is 3.86. The minimum Gasteiger partial charge on any atom is -0.333 e. The lowest BCUT2D eigenvalue weighted by Gasteiger charge is -2.18. The normalized spacial score (nSPS) is 18.2. The molecule has 1 N–H and O–H groups in total. The molecule has 0 amide bonds. The summed E-state index contributed by atoms with van der Waals surface area (Å²) in [6, 6.07) is 6.55. The van der Waals surface area contributed by atoms with Crippen molar-refractivity contribution in [3.05, 3.63) is 24.3 Å². The fourth-order valence-corrected chi connectivity index (χ4v) is 3.54. The zero-order valence-electron chi connectivity index (χ0n) is 9.88. The summed E-state index contributed by atoms with van der Waals surface area (Å²) in [5.74, 6) is -0.0271. The summed E-state index contributed by atoms with van der Waals surface area (Å²) in [6.45, 7) is 3.17. The van der Waals surface area contributed by atoms with Crippen LogP contribution < -0.4 is 5.32 Å². The van der Waals surface area contributed by atoms with Gasteiger partial charge in [0.25, 0.3) is 10.0 Å². The van der Waals surface area contributed by atoms with Crippen LogP contribution in [0.25, 0.3) is 0 Å². The third-order valence-corrected chi connectivity index (χ3v) is 5.02. The Kier molecular flexibility index (Phi) is 3.45. The van der Waals surface area contributed by atoms with E-state index in [1.165, 1.54) is 13.0 Å². The molecule has 2 rings (SSSR count). The molecule has 0 spiro atoms. The van der Waals surface area contributed by atoms with Gasteiger partial charge >= 0.3 is 0 Å². The van der Waals surface area contributed by atoms with Gasteiger partial charge in [-0.2, -0.15) is 8.42 Å². The zero-order valence-corrected chi connectivity index (χ0v) is 11.5. The van der Waals surface area contributed by atoms with E-state index in [0.717, 1.165) is 11.8 Å². The van der Waals surface area contributed by atoms with Crippen molar-refractivity contribution in [1.29, 1.82) is 0 Å². The van der Waals surface area contributed by atoms with Crippen LogP contribution in [-0.2, 0) is 14.8 Å². The van der Waals surface area contributed by atoms with Crippen molar-refractivity contribution in [2.45, 2.75) is 24.0 Å². The number of para-hydroxylation sites is 1. The summed E-state index contributed by atoms with van der Waals surface area (Å²) in [5.41, 5.74) is 0.491. The number of benzene rings is 1. The molecular weight excluding hydrogens is 272 g/mol. The van der Waals surface area contributed by atoms with E-state index < -0.39 is 10.0 Å². The van der Waals surface area contributed by atoms with Crippen LogP contribution >= 0.6 is 11.8 Å². The summed E-state index contributed by atoms with van der Waals surface area (Å²) in [4.78, 5) is 11.3. The summed E-state index contributed by atoms with van der Waals surface area (Å²) in [7, 11) is -3.67. The van der Waals surface area contributed by atoms with E-state index in [2.05, 4.69) is 9.71 Å². The SMILES string of the molecule is CC(=O)C(C)SC1=NS(=O)(=O)c2ccccc2N1. The number of rotatable bonds is 2. The highest BCUT2D eigenvalue weighted by molar-refractivity contribution is 8.15. The van der Waals surface area contributed by atoms with E-state index in [0.29, 0.717) is 5.69 Å². The van der Waals surface area contributed by atoms with E-state index in [1.807, 2.05) is 0 Å². The lowest BCUT2D eigenvalue weighted by Crippen LogP contribution is -2.22. The van der Waals surface area contributed by atoms with Crippen LogP contribution in [0.4, 0.5) is 5.69 Å². The van der Waals surface area contributed by atoms with Crippen molar-refractivity contribution in [1.82, 2.24) is 0 Å². The van der Waals surface area contributed by atoms with Gasteiger partial charge in [-0.1, -0.05) is 23.9 Å². The van der Waals surface area contributed by atoms with Crippen molar-refractivity contribution >= 4 is 38.4 Å². The molecule has 0 aliphatic carbocycles. The Balaban J connectivity index is 2.34. The molecule has 0 radical (unpaired) electrons. The first-order chi connectivity index (χ1) is 8.40. The smallest absolute Gasteiger partial charge is 0.286 e. The van der Waals surface area contributed by atoms with E-state index in [-0.39, 0.29) is 21.1 Å². The van der Waals surface area contributed by atoms with Gasteiger partial charge in [-0.15, -0.1) is 4.40 Å². The van der Waals surface area contributed by atoms with Gasteiger partial charge in [0.15, 0.2) is 5.17 Å². The molecule has 7 heteroatoms. The maximum absolute atomic E-state index is 11.9. The number of amidine groups is 1. The van der Waals surface area contributed by atoms with Gasteiger partial charge in [-0.25, -0.2) is 0 Å². The average Bonchev–Trinajstić information content (AvgIpc) is 2.28. The number of ketones is 1. The molecule has 0 aromatic heterocycles. The topological polar surface area (TPSA) is 75.6 Å². The van der Waals surface area contributed by atoms with Crippen molar-refractivity contribution < 1.29 is 13.2 Å². The van der Waals surface area contributed by atoms with E-state index in [9.17, 15) is 13.2 Å². The van der Waals surface area contributed by atoms with Gasteiger partial charge in [0.05, 0.1) is 10.9 Å². The number of anilines is 1. The monoisotopic (exact) mass is 284 g/mol. The Labute approximate surface area is 110 Å². The fraction of sp³-hybridized carbons (Fsp3) is 0.273. The van der Waals surface area contributed by atoms with E-state index in [1.54, 1.807) is 25.1 Å². The highest BCUT2D eigenvalue weighted by Crippen LogP contribution is 2.30. The molecule has 0 fully saturated rings. The Bertz CT molecular complexity index is 623. The average molecular weight is 284 g/mol. The molecule has 1 aromatic carbocycles. The molecular formula is C11H12N2O3S2. The van der Waals surface area contributed by atoms with E-state index in [4.69, 9.17) is 0 Å². The third kappa shape index (κ3) is 2.56. The van der Waals surface area contributed by atoms with Crippen LogP contribution in [0.3, 0.4) is 0 Å². The number of Topliss-reactive ketones (excluding diaryl/α,β-unsaturated/α-hetero) is 1. The molecule has 18 heavy (non-hydrogen) atoms. The van der Waals surface area contributed by atoms with E-state index >= 15 is 0 Å². The molecule has 1 aromatic rings. The highest BCUT2D eigenvalue weighted by Gasteiger charge is 2.26. The van der Waals surface area contributed by atoms with Crippen LogP contribution in [0, 0.1) is 0 Å². The van der Waals surface area contributed by atoms with Crippen molar-refractivity contribution in [3.63, 3.8) is 0 Å². The summed E-state index contributed by atoms with van der Waals surface area (Å²) >= 11 is 1.10. The Morgan fingerprint density at radius 2 is 2.06 bits per heavy atom. The number of carbonyl (C=O) groups is 1. The molecule has 5 nitrogen and oxygen atoms in total. The maximum Gasteiger partial charge on any atom is 0.286 e. The molecule has 1 heterocycles. The van der Waals surface area contributed by atoms with Gasteiger partial charge in [-0.05, 0) is 26.0 Å². The quantitative estimate of drug-likeness (QED) is 0.897. The molecule has 1 unspecified atom stereocenters. The summed E-state index contributed by atoms with van der Waals surface area (Å²) < 4.78 is 27.5. The molecule has 1 aliphatic rings. The Morgan fingerprint density at radius 3 is 2.72 bits per heavy atom. The minimum atomic E-state index is -3.67. The van der Waals surface area contributed by atoms with Gasteiger partial charge in [0.1, 0.15) is 10.7 Å². The zero-order chi connectivity index (χ0) is 13.3. The first kappa shape index (κ1) is 13.1. The van der Waals surface area contributed by atoms with Crippen molar-refractivity contribution in [2.24, 2.45) is 4.40 Å². The van der Waals surface area contributed by atoms with Crippen LogP contribution in [0.1, 0.15) is 13.8 Å². The number of fused-ring (bicyclic) bond motifs is 1. The molecule has 0 saturated heterocycles. The number of sulfonamides is 1. The first-order valence-corrected chi connectivity index (χ1v) is 7.60. The van der Waals surface area contributed by atoms with Crippen LogP contribution in [0.15, 0.2) is 33.6 Å². The molecule has 96 valence electrons. The molecule has 0 saturated carbocycles. The second-order valence-corrected chi connectivity index (χ2v) is 6.77. The van der Waals surface area contributed by atoms with Gasteiger partial charge in [0, 0.05) is 0 Å². The fourth-order valence-electron chi connectivity index (χ4n) is 1.39. The maximum atomic E-state index is 11.9. The van der Waals surface area contributed by atoms with Crippen LogP contribution in [0.2, 0.25) is 0 Å². The van der Waals surface area contributed by atoms with Gasteiger partial charge in [-0.3, -0.25) is 4.79 Å². The number of thioether (sulfide) groups is 1. The predicted molar refractivity (Wildman–Crippen MR) is 72.4 cm³/mol. The Hall–Kier alpha value is -1.34. The number of hydrogen-bond donors (Lipinski definition) is 1. The second kappa shape index (κ2) is 4.74. The van der Waals surface area contributed by atoms with Crippen LogP contribution in [-0.4, -0.2) is 24.6 Å². The highest BCUT2D eigenvalue weighted by atomic mass is 32.2. The minimum absolute atomic E-state index is 0.0271. The number of hydrogen-bond acceptors (Lipinski definition) is 5. The van der Waals surface area contributed by atoms with Crippen LogP contribution in [0.5, 0.6) is 0 Å². The van der Waals surface area contributed by atoms with Gasteiger partial charge < -0.3 is 5.32 Å².